The molecule has 110 valence electrons. The van der Waals surface area contributed by atoms with Crippen LogP contribution in [0.25, 0.3) is 0 Å². The average Bonchev–Trinajstić information content (AvgIpc) is 3.07. The van der Waals surface area contributed by atoms with E-state index in [1.165, 1.54) is 4.88 Å². The third-order valence-electron chi connectivity index (χ3n) is 3.65. The number of hydrogen-bond donors (Lipinski definition) is 1. The van der Waals surface area contributed by atoms with Crippen LogP contribution in [0.5, 0.6) is 0 Å². The standard InChI is InChI=1S/C16H17BrN2OS/c1-11(16-14(17)7-9-21-16)18-12-4-2-5-13(10-12)19-8-3-6-15(19)20/h2,4-5,7,9-11,18H,3,6,8H2,1H3. The van der Waals surface area contributed by atoms with E-state index in [4.69, 9.17) is 0 Å². The second-order valence-electron chi connectivity index (χ2n) is 5.20. The largest absolute Gasteiger partial charge is 0.378 e. The molecule has 1 aromatic carbocycles. The molecule has 1 aliphatic heterocycles. The van der Waals surface area contributed by atoms with E-state index < -0.39 is 0 Å². The summed E-state index contributed by atoms with van der Waals surface area (Å²) in [6, 6.07) is 10.4. The van der Waals surface area contributed by atoms with Gasteiger partial charge in [-0.3, -0.25) is 4.79 Å². The number of rotatable bonds is 4. The van der Waals surface area contributed by atoms with Crippen molar-refractivity contribution in [1.82, 2.24) is 0 Å². The summed E-state index contributed by atoms with van der Waals surface area (Å²) in [6.07, 6.45) is 1.62. The smallest absolute Gasteiger partial charge is 0.227 e. The van der Waals surface area contributed by atoms with Gasteiger partial charge in [-0.1, -0.05) is 6.07 Å². The van der Waals surface area contributed by atoms with Crippen molar-refractivity contribution in [1.29, 1.82) is 0 Å². The summed E-state index contributed by atoms with van der Waals surface area (Å²) in [5.41, 5.74) is 2.03. The lowest BCUT2D eigenvalue weighted by atomic mass is 10.2. The lowest BCUT2D eigenvalue weighted by Crippen LogP contribution is -2.23. The molecule has 5 heteroatoms. The summed E-state index contributed by atoms with van der Waals surface area (Å²) in [5.74, 6) is 0.223. The van der Waals surface area contributed by atoms with Gasteiger partial charge in [0, 0.05) is 33.7 Å². The summed E-state index contributed by atoms with van der Waals surface area (Å²) in [4.78, 5) is 15.0. The van der Waals surface area contributed by atoms with Gasteiger partial charge in [-0.25, -0.2) is 0 Å². The van der Waals surface area contributed by atoms with E-state index in [-0.39, 0.29) is 11.9 Å². The number of carbonyl (C=O) groups excluding carboxylic acids is 1. The normalized spacial score (nSPS) is 16.3. The van der Waals surface area contributed by atoms with Gasteiger partial charge in [0.05, 0.1) is 6.04 Å². The Hall–Kier alpha value is -1.33. The van der Waals surface area contributed by atoms with Crippen molar-refractivity contribution in [2.75, 3.05) is 16.8 Å². The number of hydrogen-bond acceptors (Lipinski definition) is 3. The average molecular weight is 365 g/mol. The zero-order chi connectivity index (χ0) is 14.8. The van der Waals surface area contributed by atoms with Crippen LogP contribution in [0.3, 0.4) is 0 Å². The number of benzene rings is 1. The fourth-order valence-electron chi connectivity index (χ4n) is 2.61. The van der Waals surface area contributed by atoms with Crippen LogP contribution in [0.15, 0.2) is 40.2 Å². The molecule has 2 heterocycles. The maximum Gasteiger partial charge on any atom is 0.227 e. The van der Waals surface area contributed by atoms with Crippen LogP contribution in [0, 0.1) is 0 Å². The van der Waals surface area contributed by atoms with Crippen molar-refractivity contribution in [3.63, 3.8) is 0 Å². The van der Waals surface area contributed by atoms with Gasteiger partial charge >= 0.3 is 0 Å². The number of amides is 1. The summed E-state index contributed by atoms with van der Waals surface area (Å²) < 4.78 is 1.14. The first kappa shape index (κ1) is 14.6. The molecule has 0 saturated carbocycles. The van der Waals surface area contributed by atoms with Crippen molar-refractivity contribution in [2.45, 2.75) is 25.8 Å². The zero-order valence-electron chi connectivity index (χ0n) is 11.8. The molecule has 1 aromatic heterocycles. The Balaban J connectivity index is 1.77. The number of nitrogens with one attached hydrogen (secondary N) is 1. The highest BCUT2D eigenvalue weighted by atomic mass is 79.9. The number of nitrogens with zero attached hydrogens (tertiary/aromatic N) is 1. The van der Waals surface area contributed by atoms with Gasteiger partial charge in [0.2, 0.25) is 5.91 Å². The minimum absolute atomic E-state index is 0.223. The Labute approximate surface area is 137 Å². The fraction of sp³-hybridized carbons (Fsp3) is 0.312. The maximum atomic E-state index is 11.8. The maximum absolute atomic E-state index is 11.8. The topological polar surface area (TPSA) is 32.3 Å². The predicted molar refractivity (Wildman–Crippen MR) is 92.1 cm³/mol. The second kappa shape index (κ2) is 6.20. The van der Waals surface area contributed by atoms with Gasteiger partial charge in [-0.2, -0.15) is 0 Å². The van der Waals surface area contributed by atoms with Gasteiger partial charge in [0.15, 0.2) is 0 Å². The predicted octanol–water partition coefficient (Wildman–Crippen LogP) is 4.81. The number of carbonyl (C=O) groups is 1. The SMILES string of the molecule is CC(Nc1cccc(N2CCCC2=O)c1)c1sccc1Br. The third-order valence-corrected chi connectivity index (χ3v) is 5.71. The molecular formula is C16H17BrN2OS. The van der Waals surface area contributed by atoms with E-state index in [0.717, 1.165) is 28.8 Å². The van der Waals surface area contributed by atoms with Crippen LogP contribution in [-0.2, 0) is 4.79 Å². The van der Waals surface area contributed by atoms with Gasteiger partial charge < -0.3 is 10.2 Å². The van der Waals surface area contributed by atoms with Crippen LogP contribution in [0.1, 0.15) is 30.7 Å². The first-order valence-electron chi connectivity index (χ1n) is 7.05. The summed E-state index contributed by atoms with van der Waals surface area (Å²) in [7, 11) is 0. The molecule has 3 rings (SSSR count). The van der Waals surface area contributed by atoms with Crippen molar-refractivity contribution in [2.24, 2.45) is 0 Å². The quantitative estimate of drug-likeness (QED) is 0.843. The molecule has 0 radical (unpaired) electrons. The van der Waals surface area contributed by atoms with Gasteiger partial charge in [-0.05, 0) is 58.9 Å². The van der Waals surface area contributed by atoms with E-state index in [9.17, 15) is 4.79 Å². The van der Waals surface area contributed by atoms with E-state index in [0.29, 0.717) is 6.42 Å². The highest BCUT2D eigenvalue weighted by Gasteiger charge is 2.21. The Morgan fingerprint density at radius 1 is 1.38 bits per heavy atom. The lowest BCUT2D eigenvalue weighted by molar-refractivity contribution is -0.117. The van der Waals surface area contributed by atoms with Gasteiger partial charge in [-0.15, -0.1) is 11.3 Å². The van der Waals surface area contributed by atoms with Crippen molar-refractivity contribution in [3.8, 4) is 0 Å². The van der Waals surface area contributed by atoms with Gasteiger partial charge in [0.1, 0.15) is 0 Å². The number of halogens is 1. The number of anilines is 2. The Bertz CT molecular complexity index is 655. The van der Waals surface area contributed by atoms with E-state index in [1.807, 2.05) is 23.1 Å². The Morgan fingerprint density at radius 3 is 2.90 bits per heavy atom. The highest BCUT2D eigenvalue weighted by Crippen LogP contribution is 2.32. The van der Waals surface area contributed by atoms with E-state index in [1.54, 1.807) is 11.3 Å². The molecule has 2 aromatic rings. The van der Waals surface area contributed by atoms with Gasteiger partial charge in [0.25, 0.3) is 0 Å². The first-order valence-corrected chi connectivity index (χ1v) is 8.72. The van der Waals surface area contributed by atoms with Crippen LogP contribution in [0.4, 0.5) is 11.4 Å². The Morgan fingerprint density at radius 2 is 2.24 bits per heavy atom. The minimum Gasteiger partial charge on any atom is -0.378 e. The molecule has 1 amide bonds. The fourth-order valence-corrected chi connectivity index (χ4v) is 4.34. The molecule has 1 aliphatic rings. The molecule has 1 saturated heterocycles. The van der Waals surface area contributed by atoms with Crippen molar-refractivity contribution >= 4 is 44.5 Å². The second-order valence-corrected chi connectivity index (χ2v) is 7.00. The molecule has 0 aliphatic carbocycles. The Kier molecular flexibility index (Phi) is 4.31. The molecule has 1 atom stereocenters. The number of thiophene rings is 1. The molecule has 3 nitrogen and oxygen atoms in total. The van der Waals surface area contributed by atoms with Crippen LogP contribution >= 0.6 is 27.3 Å². The summed E-state index contributed by atoms with van der Waals surface area (Å²) in [6.45, 7) is 2.97. The van der Waals surface area contributed by atoms with E-state index in [2.05, 4.69) is 45.7 Å². The van der Waals surface area contributed by atoms with Crippen molar-refractivity contribution < 1.29 is 4.79 Å². The van der Waals surface area contributed by atoms with Crippen LogP contribution in [-0.4, -0.2) is 12.5 Å². The monoisotopic (exact) mass is 364 g/mol. The molecular weight excluding hydrogens is 348 g/mol. The van der Waals surface area contributed by atoms with Crippen molar-refractivity contribution in [3.05, 3.63) is 45.1 Å². The summed E-state index contributed by atoms with van der Waals surface area (Å²) in [5, 5.41) is 5.59. The molecule has 0 bridgehead atoms. The minimum atomic E-state index is 0.223. The molecule has 0 spiro atoms. The molecule has 1 fully saturated rings. The molecule has 21 heavy (non-hydrogen) atoms. The molecule has 1 unspecified atom stereocenters. The first-order chi connectivity index (χ1) is 10.1. The molecule has 1 N–H and O–H groups in total. The van der Waals surface area contributed by atoms with E-state index >= 15 is 0 Å². The highest BCUT2D eigenvalue weighted by molar-refractivity contribution is 9.10. The lowest BCUT2D eigenvalue weighted by Gasteiger charge is -2.19. The van der Waals surface area contributed by atoms with Crippen LogP contribution < -0.4 is 10.2 Å². The summed E-state index contributed by atoms with van der Waals surface area (Å²) >= 11 is 5.31. The van der Waals surface area contributed by atoms with Crippen LogP contribution in [0.2, 0.25) is 0 Å². The third kappa shape index (κ3) is 3.14. The zero-order valence-corrected chi connectivity index (χ0v) is 14.2.